The van der Waals surface area contributed by atoms with Crippen molar-refractivity contribution in [2.24, 2.45) is 5.92 Å². The number of nitrogens with one attached hydrogen (secondary N) is 1. The number of para-hydroxylation sites is 1. The van der Waals surface area contributed by atoms with Crippen molar-refractivity contribution in [2.75, 3.05) is 25.0 Å². The van der Waals surface area contributed by atoms with E-state index in [0.717, 1.165) is 38.2 Å². The van der Waals surface area contributed by atoms with E-state index in [4.69, 9.17) is 4.74 Å². The molecule has 31 heavy (non-hydrogen) atoms. The predicted octanol–water partition coefficient (Wildman–Crippen LogP) is 5.24. The molecule has 158 valence electrons. The minimum atomic E-state index is 0.0367. The molecule has 5 nitrogen and oxygen atoms in total. The summed E-state index contributed by atoms with van der Waals surface area (Å²) in [4.78, 5) is 19.3. The summed E-state index contributed by atoms with van der Waals surface area (Å²) >= 11 is 0. The van der Waals surface area contributed by atoms with Crippen LogP contribution in [0, 0.1) is 5.92 Å². The van der Waals surface area contributed by atoms with Gasteiger partial charge in [-0.25, -0.2) is 4.98 Å². The van der Waals surface area contributed by atoms with Crippen LogP contribution in [0.4, 0.5) is 5.69 Å². The highest BCUT2D eigenvalue weighted by molar-refractivity contribution is 5.92. The monoisotopic (exact) mass is 413 g/mol. The molecule has 0 bridgehead atoms. The molecule has 2 aromatic carbocycles. The maximum atomic E-state index is 12.6. The van der Waals surface area contributed by atoms with Crippen molar-refractivity contribution in [2.45, 2.75) is 12.8 Å². The number of piperidine rings is 1. The molecule has 0 unspecified atom stereocenters. The summed E-state index contributed by atoms with van der Waals surface area (Å²) in [5.41, 5.74) is 1.91. The van der Waals surface area contributed by atoms with E-state index in [0.29, 0.717) is 11.6 Å². The second kappa shape index (κ2) is 10.5. The number of anilines is 1. The zero-order valence-electron chi connectivity index (χ0n) is 17.5. The zero-order valence-corrected chi connectivity index (χ0v) is 17.5. The summed E-state index contributed by atoms with van der Waals surface area (Å²) in [5.74, 6) is 1.34. The summed E-state index contributed by atoms with van der Waals surface area (Å²) in [6, 6.07) is 23.4. The van der Waals surface area contributed by atoms with Crippen molar-refractivity contribution < 1.29 is 9.53 Å². The Morgan fingerprint density at radius 1 is 1.00 bits per heavy atom. The van der Waals surface area contributed by atoms with Gasteiger partial charge >= 0.3 is 0 Å². The van der Waals surface area contributed by atoms with Gasteiger partial charge in [-0.2, -0.15) is 0 Å². The molecule has 1 amide bonds. The molecule has 0 radical (unpaired) electrons. The summed E-state index contributed by atoms with van der Waals surface area (Å²) < 4.78 is 5.69. The van der Waals surface area contributed by atoms with Crippen LogP contribution in [-0.2, 0) is 4.79 Å². The van der Waals surface area contributed by atoms with Crippen LogP contribution in [0.3, 0.4) is 0 Å². The highest BCUT2D eigenvalue weighted by Crippen LogP contribution is 2.22. The normalized spacial score (nSPS) is 15.1. The minimum absolute atomic E-state index is 0.0367. The maximum Gasteiger partial charge on any atom is 0.227 e. The SMILES string of the molecule is O=C(Nc1ccc(Oc2ccccc2)nc1)C1CCN(C/C=C/c2ccccc2)CC1. The number of ether oxygens (including phenoxy) is 1. The van der Waals surface area contributed by atoms with E-state index in [1.807, 2.05) is 54.6 Å². The van der Waals surface area contributed by atoms with Gasteiger partial charge in [0.15, 0.2) is 0 Å². The van der Waals surface area contributed by atoms with Gasteiger partial charge in [0.05, 0.1) is 11.9 Å². The minimum Gasteiger partial charge on any atom is -0.439 e. The van der Waals surface area contributed by atoms with Gasteiger partial charge in [-0.1, -0.05) is 60.7 Å². The van der Waals surface area contributed by atoms with Crippen LogP contribution in [0.2, 0.25) is 0 Å². The fraction of sp³-hybridized carbons (Fsp3) is 0.231. The number of aromatic nitrogens is 1. The van der Waals surface area contributed by atoms with E-state index in [2.05, 4.69) is 39.5 Å². The van der Waals surface area contributed by atoms with Crippen molar-refractivity contribution in [3.8, 4) is 11.6 Å². The third kappa shape index (κ3) is 6.27. The molecule has 1 saturated heterocycles. The van der Waals surface area contributed by atoms with E-state index in [1.54, 1.807) is 12.3 Å². The fourth-order valence-corrected chi connectivity index (χ4v) is 3.65. The van der Waals surface area contributed by atoms with Crippen LogP contribution in [0.5, 0.6) is 11.6 Å². The van der Waals surface area contributed by atoms with Gasteiger partial charge in [0.1, 0.15) is 5.75 Å². The van der Waals surface area contributed by atoms with E-state index >= 15 is 0 Å². The topological polar surface area (TPSA) is 54.5 Å². The van der Waals surface area contributed by atoms with E-state index in [9.17, 15) is 4.79 Å². The number of nitrogens with zero attached hydrogens (tertiary/aromatic N) is 2. The van der Waals surface area contributed by atoms with Crippen LogP contribution in [-0.4, -0.2) is 35.4 Å². The van der Waals surface area contributed by atoms with Crippen molar-refractivity contribution >= 4 is 17.7 Å². The second-order valence-electron chi connectivity index (χ2n) is 7.68. The Morgan fingerprint density at radius 3 is 2.39 bits per heavy atom. The molecular weight excluding hydrogens is 386 g/mol. The van der Waals surface area contributed by atoms with Crippen LogP contribution < -0.4 is 10.1 Å². The van der Waals surface area contributed by atoms with Gasteiger partial charge in [0.2, 0.25) is 11.8 Å². The molecule has 4 rings (SSSR count). The van der Waals surface area contributed by atoms with Crippen LogP contribution in [0.25, 0.3) is 6.08 Å². The Hall–Kier alpha value is -3.44. The molecule has 0 atom stereocenters. The third-order valence-electron chi connectivity index (χ3n) is 5.40. The first-order chi connectivity index (χ1) is 15.3. The first-order valence-electron chi connectivity index (χ1n) is 10.7. The van der Waals surface area contributed by atoms with Gasteiger partial charge in [-0.05, 0) is 49.7 Å². The smallest absolute Gasteiger partial charge is 0.227 e. The first-order valence-corrected chi connectivity index (χ1v) is 10.7. The third-order valence-corrected chi connectivity index (χ3v) is 5.40. The van der Waals surface area contributed by atoms with Gasteiger partial charge < -0.3 is 10.1 Å². The average molecular weight is 414 g/mol. The molecule has 1 aromatic heterocycles. The Morgan fingerprint density at radius 2 is 1.71 bits per heavy atom. The number of carbonyl (C=O) groups is 1. The molecule has 2 heterocycles. The molecule has 1 N–H and O–H groups in total. The van der Waals surface area contributed by atoms with Gasteiger partial charge in [-0.3, -0.25) is 9.69 Å². The number of benzene rings is 2. The number of amides is 1. The lowest BCUT2D eigenvalue weighted by atomic mass is 9.96. The first kappa shape index (κ1) is 20.8. The number of pyridine rings is 1. The van der Waals surface area contributed by atoms with E-state index in [1.165, 1.54) is 5.56 Å². The Kier molecular flexibility index (Phi) is 7.08. The Bertz CT molecular complexity index is 980. The molecule has 0 spiro atoms. The predicted molar refractivity (Wildman–Crippen MR) is 124 cm³/mol. The number of carbonyl (C=O) groups excluding carboxylic acids is 1. The van der Waals surface area contributed by atoms with Gasteiger partial charge in [0, 0.05) is 18.5 Å². The lowest BCUT2D eigenvalue weighted by Crippen LogP contribution is -2.38. The fourth-order valence-electron chi connectivity index (χ4n) is 3.65. The molecule has 0 saturated carbocycles. The maximum absolute atomic E-state index is 12.6. The molecular formula is C26H27N3O2. The number of rotatable bonds is 7. The van der Waals surface area contributed by atoms with Crippen molar-refractivity contribution in [3.63, 3.8) is 0 Å². The van der Waals surface area contributed by atoms with Crippen molar-refractivity contribution in [3.05, 3.63) is 90.6 Å². The van der Waals surface area contributed by atoms with Crippen LogP contribution >= 0.6 is 0 Å². The summed E-state index contributed by atoms with van der Waals surface area (Å²) in [5, 5.41) is 2.99. The van der Waals surface area contributed by atoms with Crippen molar-refractivity contribution in [1.82, 2.24) is 9.88 Å². The highest BCUT2D eigenvalue weighted by Gasteiger charge is 2.24. The highest BCUT2D eigenvalue weighted by atomic mass is 16.5. The summed E-state index contributed by atoms with van der Waals surface area (Å²) in [7, 11) is 0. The van der Waals surface area contributed by atoms with E-state index < -0.39 is 0 Å². The molecule has 5 heteroatoms. The van der Waals surface area contributed by atoms with E-state index in [-0.39, 0.29) is 11.8 Å². The average Bonchev–Trinajstić information content (AvgIpc) is 2.82. The molecule has 1 fully saturated rings. The molecule has 3 aromatic rings. The molecule has 1 aliphatic heterocycles. The lowest BCUT2D eigenvalue weighted by Gasteiger charge is -2.30. The standard InChI is InChI=1S/C26H27N3O2/c30-26(28-23-13-14-25(27-20-23)31-24-11-5-2-6-12-24)22-15-18-29(19-16-22)17-7-10-21-8-3-1-4-9-21/h1-14,20,22H,15-19H2,(H,28,30)/b10-7+. The zero-order chi connectivity index (χ0) is 21.3. The van der Waals surface area contributed by atoms with Gasteiger partial charge in [-0.15, -0.1) is 0 Å². The van der Waals surface area contributed by atoms with Crippen LogP contribution in [0.15, 0.2) is 85.1 Å². The summed E-state index contributed by atoms with van der Waals surface area (Å²) in [6.07, 6.45) is 7.72. The Balaban J connectivity index is 1.21. The molecule has 0 aliphatic carbocycles. The molecule has 1 aliphatic rings. The number of hydrogen-bond donors (Lipinski definition) is 1. The van der Waals surface area contributed by atoms with Crippen LogP contribution in [0.1, 0.15) is 18.4 Å². The van der Waals surface area contributed by atoms with Gasteiger partial charge in [0.25, 0.3) is 0 Å². The summed E-state index contributed by atoms with van der Waals surface area (Å²) in [6.45, 7) is 2.77. The van der Waals surface area contributed by atoms with Crippen molar-refractivity contribution in [1.29, 1.82) is 0 Å². The quantitative estimate of drug-likeness (QED) is 0.576. The number of likely N-dealkylation sites (tertiary alicyclic amines) is 1. The Labute approximate surface area is 183 Å². The second-order valence-corrected chi connectivity index (χ2v) is 7.68. The lowest BCUT2D eigenvalue weighted by molar-refractivity contribution is -0.121. The largest absolute Gasteiger partial charge is 0.439 e. The number of hydrogen-bond acceptors (Lipinski definition) is 4.